The first-order valence-electron chi connectivity index (χ1n) is 8.46. The molecule has 1 aromatic heterocycles. The van der Waals surface area contributed by atoms with Gasteiger partial charge in [-0.1, -0.05) is 6.07 Å². The molecule has 1 atom stereocenters. The number of halogens is 3. The van der Waals surface area contributed by atoms with Gasteiger partial charge in [0, 0.05) is 37.9 Å². The maximum atomic E-state index is 11.8. The van der Waals surface area contributed by atoms with Gasteiger partial charge in [-0.15, -0.1) is 0 Å². The van der Waals surface area contributed by atoms with E-state index in [0.717, 1.165) is 6.42 Å². The lowest BCUT2D eigenvalue weighted by Crippen LogP contribution is -2.66. The lowest BCUT2D eigenvalue weighted by molar-refractivity contribution is -0.192. The standard InChI is InChI=1S/C14H20N2O4S.C2HF3O2/c1-2-21(17,18)16-10-14(11-16)12(6-8-20-14)9-19-13-5-3-4-7-15-13;3-2(4,5)1(6)7/h3-5,7,12H,2,6,8-11H2,1H3;(H,6,7). The molecule has 0 amide bonds. The van der Waals surface area contributed by atoms with Crippen LogP contribution in [-0.2, 0) is 19.6 Å². The number of hydrogen-bond donors (Lipinski definition) is 1. The number of nitrogens with zero attached hydrogens (tertiary/aromatic N) is 2. The molecule has 12 heteroatoms. The van der Waals surface area contributed by atoms with Crippen LogP contribution in [0.5, 0.6) is 5.88 Å². The van der Waals surface area contributed by atoms with Gasteiger partial charge in [0.15, 0.2) is 0 Å². The Morgan fingerprint density at radius 2 is 2.07 bits per heavy atom. The van der Waals surface area contributed by atoms with Crippen molar-refractivity contribution in [1.82, 2.24) is 9.29 Å². The van der Waals surface area contributed by atoms with Gasteiger partial charge in [0.2, 0.25) is 15.9 Å². The van der Waals surface area contributed by atoms with Gasteiger partial charge in [-0.25, -0.2) is 18.2 Å². The number of hydrogen-bond acceptors (Lipinski definition) is 6. The molecule has 158 valence electrons. The van der Waals surface area contributed by atoms with Crippen molar-refractivity contribution < 1.29 is 41.0 Å². The maximum Gasteiger partial charge on any atom is 0.490 e. The molecule has 1 aromatic rings. The highest BCUT2D eigenvalue weighted by Gasteiger charge is 2.56. The zero-order valence-corrected chi connectivity index (χ0v) is 15.9. The predicted octanol–water partition coefficient (Wildman–Crippen LogP) is 1.53. The summed E-state index contributed by atoms with van der Waals surface area (Å²) in [6.45, 7) is 3.73. The third-order valence-electron chi connectivity index (χ3n) is 4.56. The van der Waals surface area contributed by atoms with Crippen LogP contribution in [0.4, 0.5) is 13.2 Å². The number of pyridine rings is 1. The second-order valence-corrected chi connectivity index (χ2v) is 8.61. The Kier molecular flexibility index (Phi) is 6.88. The second-order valence-electron chi connectivity index (χ2n) is 6.35. The lowest BCUT2D eigenvalue weighted by atomic mass is 9.83. The molecule has 2 aliphatic heterocycles. The molecule has 1 N–H and O–H groups in total. The van der Waals surface area contributed by atoms with Crippen molar-refractivity contribution in [2.45, 2.75) is 25.1 Å². The normalized spacial score (nSPS) is 21.5. The summed E-state index contributed by atoms with van der Waals surface area (Å²) >= 11 is 0. The Hall–Kier alpha value is -1.92. The van der Waals surface area contributed by atoms with Crippen LogP contribution < -0.4 is 4.74 Å². The molecule has 8 nitrogen and oxygen atoms in total. The third-order valence-corrected chi connectivity index (χ3v) is 6.33. The quantitative estimate of drug-likeness (QED) is 0.761. The molecule has 1 unspecified atom stereocenters. The number of ether oxygens (including phenoxy) is 2. The monoisotopic (exact) mass is 426 g/mol. The van der Waals surface area contributed by atoms with Crippen molar-refractivity contribution >= 4 is 16.0 Å². The van der Waals surface area contributed by atoms with Gasteiger partial charge < -0.3 is 14.6 Å². The fraction of sp³-hybridized carbons (Fsp3) is 0.625. The largest absolute Gasteiger partial charge is 0.490 e. The molecule has 0 saturated carbocycles. The van der Waals surface area contributed by atoms with E-state index in [4.69, 9.17) is 19.4 Å². The van der Waals surface area contributed by atoms with Gasteiger partial charge in [-0.3, -0.25) is 0 Å². The van der Waals surface area contributed by atoms with Gasteiger partial charge in [0.25, 0.3) is 0 Å². The van der Waals surface area contributed by atoms with E-state index in [2.05, 4.69) is 4.98 Å². The van der Waals surface area contributed by atoms with Crippen molar-refractivity contribution in [3.8, 4) is 5.88 Å². The number of carboxylic acids is 1. The molecular weight excluding hydrogens is 405 g/mol. The minimum atomic E-state index is -5.08. The molecule has 2 aliphatic rings. The van der Waals surface area contributed by atoms with Gasteiger partial charge >= 0.3 is 12.1 Å². The number of alkyl halides is 3. The van der Waals surface area contributed by atoms with E-state index >= 15 is 0 Å². The molecule has 0 bridgehead atoms. The number of sulfonamides is 1. The van der Waals surface area contributed by atoms with Crippen molar-refractivity contribution in [3.05, 3.63) is 24.4 Å². The highest BCUT2D eigenvalue weighted by molar-refractivity contribution is 7.89. The van der Waals surface area contributed by atoms with Crippen LogP contribution >= 0.6 is 0 Å². The van der Waals surface area contributed by atoms with E-state index in [-0.39, 0.29) is 17.3 Å². The van der Waals surface area contributed by atoms with E-state index in [9.17, 15) is 21.6 Å². The Morgan fingerprint density at radius 1 is 1.43 bits per heavy atom. The molecule has 0 aromatic carbocycles. The van der Waals surface area contributed by atoms with E-state index in [1.54, 1.807) is 13.1 Å². The van der Waals surface area contributed by atoms with Crippen molar-refractivity contribution in [2.75, 3.05) is 32.1 Å². The minimum absolute atomic E-state index is 0.137. The summed E-state index contributed by atoms with van der Waals surface area (Å²) in [5.74, 6) is -1.81. The summed E-state index contributed by atoms with van der Waals surface area (Å²) in [4.78, 5) is 13.0. The molecule has 0 aliphatic carbocycles. The lowest BCUT2D eigenvalue weighted by Gasteiger charge is -2.48. The fourth-order valence-electron chi connectivity index (χ4n) is 2.92. The van der Waals surface area contributed by atoms with Gasteiger partial charge in [-0.2, -0.15) is 17.5 Å². The van der Waals surface area contributed by atoms with Crippen LogP contribution in [0.15, 0.2) is 24.4 Å². The average Bonchev–Trinajstić information content (AvgIpc) is 3.03. The summed E-state index contributed by atoms with van der Waals surface area (Å²) in [6.07, 6.45) is -2.50. The Bertz CT molecular complexity index is 766. The Labute approximate surface area is 160 Å². The summed E-state index contributed by atoms with van der Waals surface area (Å²) in [5, 5.41) is 7.12. The number of carbonyl (C=O) groups is 1. The molecule has 2 saturated heterocycles. The first-order chi connectivity index (χ1) is 13.0. The maximum absolute atomic E-state index is 11.8. The van der Waals surface area contributed by atoms with E-state index in [1.807, 2.05) is 18.2 Å². The number of rotatable bonds is 5. The molecule has 3 rings (SSSR count). The smallest absolute Gasteiger partial charge is 0.477 e. The molecule has 0 radical (unpaired) electrons. The summed E-state index contributed by atoms with van der Waals surface area (Å²) in [5.41, 5.74) is -0.364. The Balaban J connectivity index is 0.000000345. The molecule has 1 spiro atoms. The van der Waals surface area contributed by atoms with Crippen LogP contribution in [0.2, 0.25) is 0 Å². The number of carboxylic acid groups (broad SMARTS) is 1. The number of aromatic nitrogens is 1. The highest BCUT2D eigenvalue weighted by Crippen LogP contribution is 2.41. The topological polar surface area (TPSA) is 106 Å². The SMILES string of the molecule is CCS(=O)(=O)N1CC2(C1)OCCC2COc1ccccn1.O=C(O)C(F)(F)F. The van der Waals surface area contributed by atoms with Crippen molar-refractivity contribution in [3.63, 3.8) is 0 Å². The summed E-state index contributed by atoms with van der Waals surface area (Å²) in [7, 11) is -3.12. The Morgan fingerprint density at radius 3 is 2.57 bits per heavy atom. The number of aliphatic carboxylic acids is 1. The van der Waals surface area contributed by atoms with Crippen molar-refractivity contribution in [2.24, 2.45) is 5.92 Å². The van der Waals surface area contributed by atoms with Crippen molar-refractivity contribution in [1.29, 1.82) is 0 Å². The molecule has 3 heterocycles. The molecular formula is C16H21F3N2O6S. The van der Waals surface area contributed by atoms with Crippen LogP contribution in [-0.4, -0.2) is 72.6 Å². The van der Waals surface area contributed by atoms with E-state index < -0.39 is 22.2 Å². The minimum Gasteiger partial charge on any atom is -0.477 e. The first kappa shape index (κ1) is 22.4. The third kappa shape index (κ3) is 5.32. The van der Waals surface area contributed by atoms with E-state index in [1.165, 1.54) is 4.31 Å². The van der Waals surface area contributed by atoms with Gasteiger partial charge in [-0.05, 0) is 19.4 Å². The average molecular weight is 426 g/mol. The fourth-order valence-corrected chi connectivity index (χ4v) is 4.11. The summed E-state index contributed by atoms with van der Waals surface area (Å²) in [6, 6.07) is 5.53. The molecule has 2 fully saturated rings. The van der Waals surface area contributed by atoms with Gasteiger partial charge in [0.05, 0.1) is 12.4 Å². The zero-order valence-electron chi connectivity index (χ0n) is 15.1. The van der Waals surface area contributed by atoms with Crippen LogP contribution in [0.3, 0.4) is 0 Å². The summed E-state index contributed by atoms with van der Waals surface area (Å²) < 4.78 is 68.5. The van der Waals surface area contributed by atoms with Crippen LogP contribution in [0, 0.1) is 5.92 Å². The molecule has 28 heavy (non-hydrogen) atoms. The first-order valence-corrected chi connectivity index (χ1v) is 10.1. The van der Waals surface area contributed by atoms with E-state index in [0.29, 0.717) is 32.2 Å². The van der Waals surface area contributed by atoms with Crippen LogP contribution in [0.1, 0.15) is 13.3 Å². The second kappa shape index (κ2) is 8.62. The predicted molar refractivity (Wildman–Crippen MR) is 91.2 cm³/mol. The van der Waals surface area contributed by atoms with Crippen LogP contribution in [0.25, 0.3) is 0 Å². The zero-order chi connectivity index (χ0) is 21.0. The van der Waals surface area contributed by atoms with Gasteiger partial charge in [0.1, 0.15) is 5.60 Å². The highest BCUT2D eigenvalue weighted by atomic mass is 32.2.